The quantitative estimate of drug-likeness (QED) is 0.0345. The summed E-state index contributed by atoms with van der Waals surface area (Å²) < 4.78 is 49.0. The Labute approximate surface area is 367 Å². The van der Waals surface area contributed by atoms with E-state index in [0.717, 1.165) is 16.7 Å². The van der Waals surface area contributed by atoms with Crippen molar-refractivity contribution in [3.63, 3.8) is 0 Å². The summed E-state index contributed by atoms with van der Waals surface area (Å²) in [5.41, 5.74) is 1.91. The summed E-state index contributed by atoms with van der Waals surface area (Å²) in [7, 11) is 6.66. The van der Waals surface area contributed by atoms with Gasteiger partial charge in [-0.1, -0.05) is 36.4 Å². The molecule has 0 saturated carbocycles. The predicted molar refractivity (Wildman–Crippen MR) is 229 cm³/mol. The molecule has 20 nitrogen and oxygen atoms in total. The van der Waals surface area contributed by atoms with Crippen molar-refractivity contribution in [2.24, 2.45) is 4.99 Å². The van der Waals surface area contributed by atoms with Gasteiger partial charge in [0.15, 0.2) is 23.6 Å². The first-order valence-corrected chi connectivity index (χ1v) is 20.1. The van der Waals surface area contributed by atoms with Crippen molar-refractivity contribution in [3.05, 3.63) is 122 Å². The number of ether oxygens (including phenoxy) is 8. The van der Waals surface area contributed by atoms with Gasteiger partial charge in [-0.25, -0.2) is 15.0 Å². The Morgan fingerprint density at radius 1 is 0.828 bits per heavy atom. The number of aryl methyl sites for hydroxylation is 1. The fourth-order valence-electron chi connectivity index (χ4n) is 6.62. The lowest BCUT2D eigenvalue weighted by Gasteiger charge is -2.45. The van der Waals surface area contributed by atoms with Crippen molar-refractivity contribution < 1.29 is 52.4 Å². The first-order valence-electron chi connectivity index (χ1n) is 20.1. The van der Waals surface area contributed by atoms with Gasteiger partial charge in [-0.05, 0) is 47.4 Å². The number of benzene rings is 3. The number of hydrogen-bond donors (Lipinski definition) is 0. The SMILES string of the molecule is COc1ccc(CO[C@@H]2[C@@H](OCc3ccc(OC)cc3)[C@@H](OCc3cnc4nc(/N=C/N(C)C)n(CCc5ccc([N+](=O)[O-])cc5)c(=O)c4n3)O[C@H](COC(C)=O)[C@H]2OC(C)=O)cc1. The van der Waals surface area contributed by atoms with E-state index < -0.39 is 53.1 Å². The molecule has 1 fully saturated rings. The summed E-state index contributed by atoms with van der Waals surface area (Å²) >= 11 is 0. The minimum atomic E-state index is -1.25. The van der Waals surface area contributed by atoms with Gasteiger partial charge in [0.25, 0.3) is 11.2 Å². The lowest BCUT2D eigenvalue weighted by atomic mass is 9.98. The van der Waals surface area contributed by atoms with Crippen LogP contribution >= 0.6 is 0 Å². The van der Waals surface area contributed by atoms with E-state index in [1.807, 2.05) is 24.3 Å². The smallest absolute Gasteiger partial charge is 0.303 e. The molecule has 0 bridgehead atoms. The molecule has 64 heavy (non-hydrogen) atoms. The molecule has 0 spiro atoms. The van der Waals surface area contributed by atoms with Crippen LogP contribution in [-0.4, -0.2) is 113 Å². The van der Waals surface area contributed by atoms with Crippen molar-refractivity contribution >= 4 is 41.1 Å². The second-order valence-corrected chi connectivity index (χ2v) is 14.8. The highest BCUT2D eigenvalue weighted by Crippen LogP contribution is 2.32. The number of nitrogens with zero attached hydrogens (tertiary/aromatic N) is 7. The van der Waals surface area contributed by atoms with Gasteiger partial charge < -0.3 is 42.8 Å². The summed E-state index contributed by atoms with van der Waals surface area (Å²) in [6, 6.07) is 20.5. The molecule has 5 atom stereocenters. The third-order valence-electron chi connectivity index (χ3n) is 9.82. The molecular formula is C44H49N7O13. The van der Waals surface area contributed by atoms with E-state index in [2.05, 4.69) is 19.9 Å². The van der Waals surface area contributed by atoms with Crippen LogP contribution in [0.15, 0.2) is 88.8 Å². The molecule has 0 N–H and O–H groups in total. The van der Waals surface area contributed by atoms with Crippen molar-refractivity contribution in [2.75, 3.05) is 34.9 Å². The highest BCUT2D eigenvalue weighted by molar-refractivity contribution is 5.70. The number of carbonyl (C=O) groups is 2. The molecule has 3 heterocycles. The van der Waals surface area contributed by atoms with E-state index >= 15 is 0 Å². The van der Waals surface area contributed by atoms with Crippen LogP contribution in [0.5, 0.6) is 11.5 Å². The van der Waals surface area contributed by atoms with E-state index in [-0.39, 0.29) is 61.5 Å². The summed E-state index contributed by atoms with van der Waals surface area (Å²) in [6.07, 6.45) is -2.33. The maximum absolute atomic E-state index is 14.1. The summed E-state index contributed by atoms with van der Waals surface area (Å²) in [4.78, 5) is 69.2. The van der Waals surface area contributed by atoms with Gasteiger partial charge in [0.2, 0.25) is 5.95 Å². The Morgan fingerprint density at radius 3 is 2.00 bits per heavy atom. The van der Waals surface area contributed by atoms with E-state index in [1.165, 1.54) is 43.1 Å². The van der Waals surface area contributed by atoms with Gasteiger partial charge in [0.1, 0.15) is 36.4 Å². The molecule has 0 amide bonds. The monoisotopic (exact) mass is 883 g/mol. The minimum Gasteiger partial charge on any atom is -0.497 e. The number of aromatic nitrogens is 4. The van der Waals surface area contributed by atoms with Crippen LogP contribution in [0.2, 0.25) is 0 Å². The van der Waals surface area contributed by atoms with Crippen LogP contribution in [-0.2, 0) is 70.8 Å². The Balaban J connectivity index is 1.33. The Bertz CT molecular complexity index is 2460. The van der Waals surface area contributed by atoms with Crippen molar-refractivity contribution in [1.82, 2.24) is 24.4 Å². The Morgan fingerprint density at radius 2 is 1.44 bits per heavy atom. The second-order valence-electron chi connectivity index (χ2n) is 14.8. The zero-order valence-corrected chi connectivity index (χ0v) is 36.2. The molecule has 20 heteroatoms. The van der Waals surface area contributed by atoms with Crippen molar-refractivity contribution in [3.8, 4) is 11.5 Å². The third-order valence-corrected chi connectivity index (χ3v) is 9.82. The first kappa shape index (κ1) is 46.6. The predicted octanol–water partition coefficient (Wildman–Crippen LogP) is 4.48. The van der Waals surface area contributed by atoms with E-state index in [0.29, 0.717) is 17.9 Å². The van der Waals surface area contributed by atoms with Crippen LogP contribution < -0.4 is 15.0 Å². The fourth-order valence-corrected chi connectivity index (χ4v) is 6.62. The normalized spacial score (nSPS) is 18.4. The Hall–Kier alpha value is -6.87. The van der Waals surface area contributed by atoms with Gasteiger partial charge in [-0.15, -0.1) is 0 Å². The Kier molecular flexibility index (Phi) is 16.0. The molecular weight excluding hydrogens is 835 g/mol. The number of nitro benzene ring substituents is 1. The number of hydrogen-bond acceptors (Lipinski definition) is 17. The number of non-ortho nitro benzene ring substituents is 1. The second kappa shape index (κ2) is 22.0. The maximum atomic E-state index is 14.1. The molecule has 6 rings (SSSR count). The average Bonchev–Trinajstić information content (AvgIpc) is 3.28. The van der Waals surface area contributed by atoms with E-state index in [9.17, 15) is 24.5 Å². The molecule has 1 aliphatic heterocycles. The van der Waals surface area contributed by atoms with Gasteiger partial charge >= 0.3 is 11.9 Å². The molecule has 0 aliphatic carbocycles. The lowest BCUT2D eigenvalue weighted by Crippen LogP contribution is -2.62. The van der Waals surface area contributed by atoms with Gasteiger partial charge in [0, 0.05) is 46.6 Å². The zero-order valence-electron chi connectivity index (χ0n) is 36.2. The topological polar surface area (TPSA) is 227 Å². The molecule has 3 aromatic carbocycles. The highest BCUT2D eigenvalue weighted by Gasteiger charge is 2.50. The first-order chi connectivity index (χ1) is 30.8. The molecule has 5 aromatic rings. The van der Waals surface area contributed by atoms with Crippen LogP contribution in [0.4, 0.5) is 11.6 Å². The number of rotatable bonds is 20. The number of aliphatic imine (C=N–C) groups is 1. The number of methoxy groups -OCH3 is 2. The van der Waals surface area contributed by atoms with Crippen molar-refractivity contribution in [1.29, 1.82) is 0 Å². The van der Waals surface area contributed by atoms with E-state index in [1.54, 1.807) is 69.6 Å². The number of nitro groups is 1. The molecule has 0 radical (unpaired) electrons. The average molecular weight is 884 g/mol. The molecule has 1 saturated heterocycles. The molecule has 1 aliphatic rings. The maximum Gasteiger partial charge on any atom is 0.303 e. The van der Waals surface area contributed by atoms with Crippen LogP contribution in [0.3, 0.4) is 0 Å². The fraction of sp³-hybridized carbons (Fsp3) is 0.386. The number of esters is 2. The molecule has 0 unspecified atom stereocenters. The zero-order chi connectivity index (χ0) is 45.8. The van der Waals surface area contributed by atoms with Crippen molar-refractivity contribution in [2.45, 2.75) is 77.3 Å². The third kappa shape index (κ3) is 12.4. The van der Waals surface area contributed by atoms with Gasteiger partial charge in [-0.2, -0.15) is 4.98 Å². The summed E-state index contributed by atoms with van der Waals surface area (Å²) in [6.45, 7) is 2.11. The minimum absolute atomic E-state index is 0.0403. The van der Waals surface area contributed by atoms with Crippen LogP contribution in [0.1, 0.15) is 36.2 Å². The standard InChI is InChI=1S/C44H49N7O13/c1-27(52)59-25-36-38(63-28(2)53)39(60-22-30-9-15-34(57-5)16-10-30)40(61-23-31-11-17-35(58-6)18-12-31)43(64-36)62-24-32-21-45-41-37(47-32)42(54)50(44(48-41)46-26-49(3)4)20-19-29-7-13-33(14-8-29)51(55)56/h7-18,21,26,36,38-40,43H,19-20,22-25H2,1-6H3/b46-26+/t36-,38-,39+,40-,43+/m1/s1. The number of carbonyl (C=O) groups excluding carboxylic acids is 2. The van der Waals surface area contributed by atoms with Gasteiger partial charge in [-0.3, -0.25) is 29.1 Å². The highest BCUT2D eigenvalue weighted by atomic mass is 16.7. The summed E-state index contributed by atoms with van der Waals surface area (Å²) in [5.74, 6) is 0.151. The lowest BCUT2D eigenvalue weighted by molar-refractivity contribution is -0.384. The molecule has 338 valence electrons. The van der Waals surface area contributed by atoms with Gasteiger partial charge in [0.05, 0.1) is 57.2 Å². The largest absolute Gasteiger partial charge is 0.497 e. The summed E-state index contributed by atoms with van der Waals surface area (Å²) in [5, 5.41) is 11.2. The van der Waals surface area contributed by atoms with Crippen LogP contribution in [0, 0.1) is 10.1 Å². The molecule has 2 aromatic heterocycles. The van der Waals surface area contributed by atoms with Crippen LogP contribution in [0.25, 0.3) is 11.2 Å². The van der Waals surface area contributed by atoms with E-state index in [4.69, 9.17) is 37.9 Å². The number of fused-ring (bicyclic) bond motifs is 1.